The first-order chi connectivity index (χ1) is 11.5. The molecule has 0 radical (unpaired) electrons. The predicted octanol–water partition coefficient (Wildman–Crippen LogP) is 0.623. The molecule has 2 aliphatic rings. The Morgan fingerprint density at radius 2 is 2.12 bits per heavy atom. The summed E-state index contributed by atoms with van der Waals surface area (Å²) in [7, 11) is -3.52. The van der Waals surface area contributed by atoms with Crippen molar-refractivity contribution in [2.75, 3.05) is 31.1 Å². The minimum absolute atomic E-state index is 0.0636. The second kappa shape index (κ2) is 7.47. The molecule has 2 atom stereocenters. The molecule has 7 nitrogen and oxygen atoms in total. The second-order valence-corrected chi connectivity index (χ2v) is 9.39. The number of H-pyrrole nitrogens is 1. The molecule has 1 aromatic heterocycles. The van der Waals surface area contributed by atoms with E-state index in [0.717, 1.165) is 30.9 Å². The maximum atomic E-state index is 12.6. The number of aromatic amines is 1. The van der Waals surface area contributed by atoms with Crippen molar-refractivity contribution >= 4 is 27.7 Å². The van der Waals surface area contributed by atoms with Crippen LogP contribution in [0.15, 0.2) is 17.2 Å². The highest BCUT2D eigenvalue weighted by molar-refractivity contribution is 7.99. The van der Waals surface area contributed by atoms with E-state index in [2.05, 4.69) is 15.6 Å². The lowest BCUT2D eigenvalue weighted by molar-refractivity contribution is 0.0915. The maximum Gasteiger partial charge on any atom is 0.268 e. The van der Waals surface area contributed by atoms with Gasteiger partial charge in [0.15, 0.2) is 0 Å². The molecule has 1 amide bonds. The van der Waals surface area contributed by atoms with Crippen molar-refractivity contribution in [3.05, 3.63) is 18.0 Å². The summed E-state index contributed by atoms with van der Waals surface area (Å²) >= 11 is 1.76. The van der Waals surface area contributed by atoms with Crippen molar-refractivity contribution in [2.45, 2.75) is 36.7 Å². The fraction of sp³-hybridized carbons (Fsp3) is 0.667. The topological polar surface area (TPSA) is 94.3 Å². The third-order valence-electron chi connectivity index (χ3n) is 4.59. The Balaban J connectivity index is 1.69. The predicted molar refractivity (Wildman–Crippen MR) is 94.8 cm³/mol. The molecule has 0 aromatic carbocycles. The van der Waals surface area contributed by atoms with Gasteiger partial charge in [-0.2, -0.15) is 16.1 Å². The van der Waals surface area contributed by atoms with E-state index in [1.165, 1.54) is 16.6 Å². The first kappa shape index (κ1) is 17.8. The molecular formula is C15H24N4O3S2. The van der Waals surface area contributed by atoms with Gasteiger partial charge in [0, 0.05) is 42.9 Å². The van der Waals surface area contributed by atoms with Gasteiger partial charge in [0.05, 0.1) is 0 Å². The van der Waals surface area contributed by atoms with Crippen molar-refractivity contribution < 1.29 is 13.2 Å². The molecule has 2 aliphatic heterocycles. The van der Waals surface area contributed by atoms with Crippen LogP contribution in [0.4, 0.5) is 0 Å². The Bertz CT molecular complexity index is 683. The van der Waals surface area contributed by atoms with E-state index in [1.54, 1.807) is 11.8 Å². The number of nitrogens with one attached hydrogen (secondary N) is 3. The standard InChI is InChI=1S/C15H24N4O3S2/c1-11-13(3-2-4-16-11)18-15(20)14-9-12(10-17-14)24(21,22)19-5-7-23-8-6-19/h9-11,13,16-17H,2-8H2,1H3,(H,18,20). The summed E-state index contributed by atoms with van der Waals surface area (Å²) in [5.41, 5.74) is 0.290. The summed E-state index contributed by atoms with van der Waals surface area (Å²) in [6.45, 7) is 4.05. The third-order valence-corrected chi connectivity index (χ3v) is 7.41. The highest BCUT2D eigenvalue weighted by atomic mass is 32.2. The highest BCUT2D eigenvalue weighted by Crippen LogP contribution is 2.21. The lowest BCUT2D eigenvalue weighted by Crippen LogP contribution is -2.51. The quantitative estimate of drug-likeness (QED) is 0.720. The monoisotopic (exact) mass is 372 g/mol. The number of hydrogen-bond donors (Lipinski definition) is 3. The molecule has 0 aliphatic carbocycles. The van der Waals surface area contributed by atoms with Gasteiger partial charge in [-0.05, 0) is 32.4 Å². The van der Waals surface area contributed by atoms with Gasteiger partial charge in [0.1, 0.15) is 10.6 Å². The first-order valence-electron chi connectivity index (χ1n) is 8.29. The molecule has 3 rings (SSSR count). The molecule has 2 unspecified atom stereocenters. The lowest BCUT2D eigenvalue weighted by Gasteiger charge is -2.30. The molecule has 0 bridgehead atoms. The Morgan fingerprint density at radius 3 is 2.83 bits per heavy atom. The zero-order chi connectivity index (χ0) is 17.2. The molecule has 0 saturated carbocycles. The Hall–Kier alpha value is -1.03. The molecule has 3 N–H and O–H groups in total. The van der Waals surface area contributed by atoms with E-state index >= 15 is 0 Å². The van der Waals surface area contributed by atoms with E-state index in [9.17, 15) is 13.2 Å². The summed E-state index contributed by atoms with van der Waals surface area (Å²) in [5.74, 6) is 1.36. The fourth-order valence-electron chi connectivity index (χ4n) is 3.08. The van der Waals surface area contributed by atoms with Crippen LogP contribution in [0.25, 0.3) is 0 Å². The third kappa shape index (κ3) is 3.79. The molecule has 2 saturated heterocycles. The largest absolute Gasteiger partial charge is 0.356 e. The van der Waals surface area contributed by atoms with Crippen LogP contribution in [0.5, 0.6) is 0 Å². The van der Waals surface area contributed by atoms with Gasteiger partial charge in [-0.25, -0.2) is 8.42 Å². The maximum absolute atomic E-state index is 12.6. The Morgan fingerprint density at radius 1 is 1.38 bits per heavy atom. The van der Waals surface area contributed by atoms with Gasteiger partial charge in [0.2, 0.25) is 10.0 Å². The van der Waals surface area contributed by atoms with Gasteiger partial charge in [-0.3, -0.25) is 4.79 Å². The number of sulfonamides is 1. The van der Waals surface area contributed by atoms with Crippen LogP contribution in [0.2, 0.25) is 0 Å². The number of amides is 1. The molecule has 9 heteroatoms. The van der Waals surface area contributed by atoms with Gasteiger partial charge in [-0.1, -0.05) is 0 Å². The van der Waals surface area contributed by atoms with E-state index < -0.39 is 10.0 Å². The van der Waals surface area contributed by atoms with E-state index in [4.69, 9.17) is 0 Å². The summed E-state index contributed by atoms with van der Waals surface area (Å²) < 4.78 is 26.7. The molecule has 2 fully saturated rings. The Kier molecular flexibility index (Phi) is 5.53. The average molecular weight is 373 g/mol. The van der Waals surface area contributed by atoms with Crippen molar-refractivity contribution in [1.29, 1.82) is 0 Å². The van der Waals surface area contributed by atoms with Crippen LogP contribution in [0, 0.1) is 0 Å². The number of rotatable bonds is 4. The average Bonchev–Trinajstić information content (AvgIpc) is 3.09. The van der Waals surface area contributed by atoms with Gasteiger partial charge < -0.3 is 15.6 Å². The minimum Gasteiger partial charge on any atom is -0.356 e. The number of carbonyl (C=O) groups is 1. The van der Waals surface area contributed by atoms with E-state index in [-0.39, 0.29) is 28.6 Å². The van der Waals surface area contributed by atoms with E-state index in [0.29, 0.717) is 13.1 Å². The SMILES string of the molecule is CC1NCCCC1NC(=O)c1cc(S(=O)(=O)N2CCSCC2)c[nH]1. The summed E-state index contributed by atoms with van der Waals surface area (Å²) in [6, 6.07) is 1.72. The number of carbonyl (C=O) groups excluding carboxylic acids is 1. The number of piperidine rings is 1. The van der Waals surface area contributed by atoms with Crippen molar-refractivity contribution in [3.63, 3.8) is 0 Å². The van der Waals surface area contributed by atoms with Gasteiger partial charge in [-0.15, -0.1) is 0 Å². The molecule has 24 heavy (non-hydrogen) atoms. The van der Waals surface area contributed by atoms with Crippen LogP contribution in [0.3, 0.4) is 0 Å². The smallest absolute Gasteiger partial charge is 0.268 e. The molecular weight excluding hydrogens is 348 g/mol. The minimum atomic E-state index is -3.52. The first-order valence-corrected chi connectivity index (χ1v) is 10.9. The molecule has 1 aromatic rings. The van der Waals surface area contributed by atoms with Crippen LogP contribution < -0.4 is 10.6 Å². The van der Waals surface area contributed by atoms with Crippen LogP contribution >= 0.6 is 11.8 Å². The second-order valence-electron chi connectivity index (χ2n) is 6.23. The van der Waals surface area contributed by atoms with Gasteiger partial charge >= 0.3 is 0 Å². The summed E-state index contributed by atoms with van der Waals surface area (Å²) in [6.07, 6.45) is 3.36. The molecule has 3 heterocycles. The Labute approximate surface area is 147 Å². The van der Waals surface area contributed by atoms with Crippen LogP contribution in [0.1, 0.15) is 30.3 Å². The van der Waals surface area contributed by atoms with Crippen molar-refractivity contribution in [1.82, 2.24) is 19.9 Å². The highest BCUT2D eigenvalue weighted by Gasteiger charge is 2.28. The number of nitrogens with zero attached hydrogens (tertiary/aromatic N) is 1. The van der Waals surface area contributed by atoms with Crippen LogP contribution in [-0.4, -0.2) is 66.8 Å². The molecule has 134 valence electrons. The zero-order valence-electron chi connectivity index (χ0n) is 13.7. The lowest BCUT2D eigenvalue weighted by atomic mass is 10.00. The summed E-state index contributed by atoms with van der Waals surface area (Å²) in [5, 5.41) is 6.32. The van der Waals surface area contributed by atoms with E-state index in [1.807, 2.05) is 6.92 Å². The fourth-order valence-corrected chi connectivity index (χ4v) is 5.65. The number of hydrogen-bond acceptors (Lipinski definition) is 5. The van der Waals surface area contributed by atoms with Gasteiger partial charge in [0.25, 0.3) is 5.91 Å². The zero-order valence-corrected chi connectivity index (χ0v) is 15.4. The van der Waals surface area contributed by atoms with Crippen molar-refractivity contribution in [2.24, 2.45) is 0 Å². The summed E-state index contributed by atoms with van der Waals surface area (Å²) in [4.78, 5) is 15.4. The normalized spacial score (nSPS) is 26.2. The molecule has 0 spiro atoms. The number of aromatic nitrogens is 1. The van der Waals surface area contributed by atoms with Crippen molar-refractivity contribution in [3.8, 4) is 0 Å². The number of thioether (sulfide) groups is 1. The van der Waals surface area contributed by atoms with Crippen LogP contribution in [-0.2, 0) is 10.0 Å².